The Labute approximate surface area is 120 Å². The van der Waals surface area contributed by atoms with E-state index in [2.05, 4.69) is 16.3 Å². The van der Waals surface area contributed by atoms with Crippen molar-refractivity contribution in [2.75, 3.05) is 26.3 Å². The van der Waals surface area contributed by atoms with Crippen LogP contribution >= 0.6 is 0 Å². The third-order valence-electron chi connectivity index (χ3n) is 4.19. The average molecular weight is 276 g/mol. The van der Waals surface area contributed by atoms with Crippen molar-refractivity contribution in [3.63, 3.8) is 0 Å². The first-order valence-corrected chi connectivity index (χ1v) is 7.66. The van der Waals surface area contributed by atoms with Crippen LogP contribution in [0.25, 0.3) is 0 Å². The Morgan fingerprint density at radius 2 is 2.10 bits per heavy atom. The van der Waals surface area contributed by atoms with Crippen molar-refractivity contribution in [1.29, 1.82) is 0 Å². The second-order valence-corrected chi connectivity index (χ2v) is 5.77. The number of likely N-dealkylation sites (tertiary alicyclic amines) is 1. The van der Waals surface area contributed by atoms with E-state index < -0.39 is 0 Å². The number of ether oxygens (including phenoxy) is 1. The summed E-state index contributed by atoms with van der Waals surface area (Å²) in [7, 11) is 0. The van der Waals surface area contributed by atoms with Gasteiger partial charge in [-0.2, -0.15) is 0 Å². The van der Waals surface area contributed by atoms with Gasteiger partial charge < -0.3 is 15.2 Å². The molecule has 1 aliphatic carbocycles. The maximum Gasteiger partial charge on any atom is 0.123 e. The summed E-state index contributed by atoms with van der Waals surface area (Å²) >= 11 is 0. The zero-order valence-electron chi connectivity index (χ0n) is 11.9. The third kappa shape index (κ3) is 3.51. The molecular weight excluding hydrogens is 252 g/mol. The molecule has 110 valence electrons. The first kappa shape index (κ1) is 13.9. The van der Waals surface area contributed by atoms with E-state index in [4.69, 9.17) is 9.84 Å². The molecule has 1 aromatic carbocycles. The Morgan fingerprint density at radius 3 is 2.90 bits per heavy atom. The Kier molecular flexibility index (Phi) is 4.55. The van der Waals surface area contributed by atoms with Gasteiger partial charge in [-0.1, -0.05) is 18.2 Å². The van der Waals surface area contributed by atoms with Crippen LogP contribution in [0.2, 0.25) is 0 Å². The fourth-order valence-corrected chi connectivity index (χ4v) is 2.93. The van der Waals surface area contributed by atoms with E-state index in [1.165, 1.54) is 37.9 Å². The molecule has 1 saturated heterocycles. The highest BCUT2D eigenvalue weighted by Crippen LogP contribution is 2.30. The molecule has 1 saturated carbocycles. The summed E-state index contributed by atoms with van der Waals surface area (Å²) < 4.78 is 5.57. The minimum atomic E-state index is 0.0563. The predicted molar refractivity (Wildman–Crippen MR) is 78.9 cm³/mol. The van der Waals surface area contributed by atoms with Crippen molar-refractivity contribution in [2.45, 2.75) is 37.9 Å². The Hall–Kier alpha value is -1.10. The number of rotatable bonds is 7. The highest BCUT2D eigenvalue weighted by atomic mass is 16.5. The molecule has 20 heavy (non-hydrogen) atoms. The van der Waals surface area contributed by atoms with E-state index in [0.717, 1.165) is 18.3 Å². The van der Waals surface area contributed by atoms with Gasteiger partial charge in [-0.25, -0.2) is 0 Å². The average Bonchev–Trinajstić information content (AvgIpc) is 3.23. The van der Waals surface area contributed by atoms with Crippen LogP contribution in [0.3, 0.4) is 0 Å². The first-order valence-electron chi connectivity index (χ1n) is 7.66. The van der Waals surface area contributed by atoms with Crippen molar-refractivity contribution < 1.29 is 9.84 Å². The molecular formula is C16H24N2O2. The van der Waals surface area contributed by atoms with Crippen LogP contribution in [0.4, 0.5) is 0 Å². The zero-order valence-corrected chi connectivity index (χ0v) is 11.9. The van der Waals surface area contributed by atoms with Crippen molar-refractivity contribution in [2.24, 2.45) is 0 Å². The number of hydrogen-bond donors (Lipinski definition) is 2. The van der Waals surface area contributed by atoms with Gasteiger partial charge in [0.05, 0.1) is 6.61 Å². The molecule has 0 aromatic heterocycles. The van der Waals surface area contributed by atoms with Gasteiger partial charge in [0.2, 0.25) is 0 Å². The Balaban J connectivity index is 1.50. The lowest BCUT2D eigenvalue weighted by molar-refractivity contribution is 0.200. The van der Waals surface area contributed by atoms with Crippen molar-refractivity contribution in [3.05, 3.63) is 29.8 Å². The van der Waals surface area contributed by atoms with Gasteiger partial charge in [-0.3, -0.25) is 4.90 Å². The standard InChI is InChI=1S/C16H24N2O2/c19-9-10-20-16-4-2-1-3-13(16)11-17-14-7-8-18(12-14)15-5-6-15/h1-4,14-15,17,19H,5-12H2. The zero-order chi connectivity index (χ0) is 13.8. The molecule has 1 unspecified atom stereocenters. The van der Waals surface area contributed by atoms with E-state index >= 15 is 0 Å². The molecule has 1 aromatic rings. The fraction of sp³-hybridized carbons (Fsp3) is 0.625. The molecule has 3 rings (SSSR count). The molecule has 1 atom stereocenters. The van der Waals surface area contributed by atoms with Crippen LogP contribution in [0.5, 0.6) is 5.75 Å². The van der Waals surface area contributed by atoms with E-state index in [-0.39, 0.29) is 6.61 Å². The number of nitrogens with zero attached hydrogens (tertiary/aromatic N) is 1. The highest BCUT2D eigenvalue weighted by molar-refractivity contribution is 5.33. The van der Waals surface area contributed by atoms with Crippen LogP contribution in [0.15, 0.2) is 24.3 Å². The topological polar surface area (TPSA) is 44.7 Å². The lowest BCUT2D eigenvalue weighted by Gasteiger charge is -2.17. The summed E-state index contributed by atoms with van der Waals surface area (Å²) in [6.07, 6.45) is 4.03. The van der Waals surface area contributed by atoms with E-state index in [9.17, 15) is 0 Å². The van der Waals surface area contributed by atoms with Gasteiger partial charge in [0, 0.05) is 37.3 Å². The monoisotopic (exact) mass is 276 g/mol. The summed E-state index contributed by atoms with van der Waals surface area (Å²) in [5, 5.41) is 12.5. The van der Waals surface area contributed by atoms with Crippen LogP contribution < -0.4 is 10.1 Å². The molecule has 0 amide bonds. The van der Waals surface area contributed by atoms with E-state index in [1.54, 1.807) is 0 Å². The lowest BCUT2D eigenvalue weighted by Crippen LogP contribution is -2.33. The molecule has 1 aliphatic heterocycles. The lowest BCUT2D eigenvalue weighted by atomic mass is 10.2. The minimum absolute atomic E-state index is 0.0563. The number of benzene rings is 1. The first-order chi connectivity index (χ1) is 9.86. The van der Waals surface area contributed by atoms with Gasteiger partial charge in [-0.15, -0.1) is 0 Å². The predicted octanol–water partition coefficient (Wildman–Crippen LogP) is 1.38. The minimum Gasteiger partial charge on any atom is -0.491 e. The van der Waals surface area contributed by atoms with E-state index in [0.29, 0.717) is 12.6 Å². The van der Waals surface area contributed by atoms with Crippen LogP contribution in [0.1, 0.15) is 24.8 Å². The number of aliphatic hydroxyl groups is 1. The quantitative estimate of drug-likeness (QED) is 0.790. The number of para-hydroxylation sites is 1. The molecule has 2 N–H and O–H groups in total. The van der Waals surface area contributed by atoms with E-state index in [1.807, 2.05) is 18.2 Å². The molecule has 0 spiro atoms. The summed E-state index contributed by atoms with van der Waals surface area (Å²) in [5.74, 6) is 0.881. The number of hydrogen-bond acceptors (Lipinski definition) is 4. The normalized spacial score (nSPS) is 23.1. The van der Waals surface area contributed by atoms with Gasteiger partial charge >= 0.3 is 0 Å². The molecule has 2 aliphatic rings. The second kappa shape index (κ2) is 6.57. The smallest absolute Gasteiger partial charge is 0.123 e. The van der Waals surface area contributed by atoms with Crippen LogP contribution in [-0.4, -0.2) is 48.4 Å². The summed E-state index contributed by atoms with van der Waals surface area (Å²) in [4.78, 5) is 2.62. The third-order valence-corrected chi connectivity index (χ3v) is 4.19. The van der Waals surface area contributed by atoms with Crippen molar-refractivity contribution in [1.82, 2.24) is 10.2 Å². The molecule has 4 nitrogen and oxygen atoms in total. The SMILES string of the molecule is OCCOc1ccccc1CNC1CCN(C2CC2)C1. The summed E-state index contributed by atoms with van der Waals surface area (Å²) in [5.41, 5.74) is 1.17. The number of nitrogens with one attached hydrogen (secondary N) is 1. The fourth-order valence-electron chi connectivity index (χ4n) is 2.93. The highest BCUT2D eigenvalue weighted by Gasteiger charge is 2.34. The summed E-state index contributed by atoms with van der Waals surface area (Å²) in [6.45, 7) is 3.68. The summed E-state index contributed by atoms with van der Waals surface area (Å²) in [6, 6.07) is 9.54. The van der Waals surface area contributed by atoms with Gasteiger partial charge in [-0.05, 0) is 25.3 Å². The molecule has 1 heterocycles. The molecule has 0 radical (unpaired) electrons. The van der Waals surface area contributed by atoms with Crippen molar-refractivity contribution >= 4 is 0 Å². The van der Waals surface area contributed by atoms with Gasteiger partial charge in [0.25, 0.3) is 0 Å². The number of aliphatic hydroxyl groups excluding tert-OH is 1. The molecule has 4 heteroatoms. The second-order valence-electron chi connectivity index (χ2n) is 5.77. The maximum atomic E-state index is 8.86. The molecule has 0 bridgehead atoms. The Morgan fingerprint density at radius 1 is 1.25 bits per heavy atom. The molecule has 2 fully saturated rings. The van der Waals surface area contributed by atoms with Crippen molar-refractivity contribution in [3.8, 4) is 5.75 Å². The largest absolute Gasteiger partial charge is 0.491 e. The Bertz CT molecular complexity index is 434. The van der Waals surface area contributed by atoms with Crippen LogP contribution in [0, 0.1) is 0 Å². The van der Waals surface area contributed by atoms with Gasteiger partial charge in [0.1, 0.15) is 12.4 Å². The van der Waals surface area contributed by atoms with Crippen LogP contribution in [-0.2, 0) is 6.54 Å². The maximum absolute atomic E-state index is 8.86. The van der Waals surface area contributed by atoms with Gasteiger partial charge in [0.15, 0.2) is 0 Å².